The number of likely N-dealkylation sites (tertiary alicyclic amines) is 1. The first-order chi connectivity index (χ1) is 8.09. The average Bonchev–Trinajstić information content (AvgIpc) is 2.92. The van der Waals surface area contributed by atoms with E-state index in [4.69, 9.17) is 4.74 Å². The van der Waals surface area contributed by atoms with Gasteiger partial charge in [-0.1, -0.05) is 12.2 Å². The summed E-state index contributed by atoms with van der Waals surface area (Å²) in [7, 11) is 0. The molecule has 0 aromatic carbocycles. The maximum absolute atomic E-state index is 12.1. The second-order valence-corrected chi connectivity index (χ2v) is 5.73. The Hall–Kier alpha value is -1.30. The highest BCUT2D eigenvalue weighted by molar-refractivity contribution is 8.01. The Labute approximate surface area is 102 Å². The number of imide groups is 1. The summed E-state index contributed by atoms with van der Waals surface area (Å²) in [5.41, 5.74) is 0. The Bertz CT molecular complexity index is 417. The molecule has 0 spiro atoms. The lowest BCUT2D eigenvalue weighted by Gasteiger charge is -2.16. The van der Waals surface area contributed by atoms with Gasteiger partial charge >= 0.3 is 5.97 Å². The van der Waals surface area contributed by atoms with Crippen LogP contribution in [0, 0.1) is 11.8 Å². The molecular weight excluding hydrogens is 242 g/mol. The van der Waals surface area contributed by atoms with Crippen molar-refractivity contribution in [2.45, 2.75) is 17.4 Å². The van der Waals surface area contributed by atoms with E-state index in [1.807, 2.05) is 12.2 Å². The monoisotopic (exact) mass is 253 g/mol. The summed E-state index contributed by atoms with van der Waals surface area (Å²) >= 11 is 1.67. The van der Waals surface area contributed by atoms with Gasteiger partial charge in [-0.05, 0) is 0 Å². The predicted molar refractivity (Wildman–Crippen MR) is 59.8 cm³/mol. The van der Waals surface area contributed by atoms with Crippen molar-refractivity contribution in [3.05, 3.63) is 12.2 Å². The number of esters is 1. The molecule has 0 aromatic heterocycles. The van der Waals surface area contributed by atoms with Crippen LogP contribution in [0.4, 0.5) is 0 Å². The maximum Gasteiger partial charge on any atom is 0.304 e. The van der Waals surface area contributed by atoms with Crippen molar-refractivity contribution in [3.63, 3.8) is 0 Å². The quantitative estimate of drug-likeness (QED) is 0.398. The Kier molecular flexibility index (Phi) is 2.29. The SMILES string of the molecule is CC(=O)OCN1C(=O)C2C3C=CC(S3)C2C1=O. The number of rotatable bonds is 2. The van der Waals surface area contributed by atoms with Gasteiger partial charge in [-0.3, -0.25) is 14.4 Å². The van der Waals surface area contributed by atoms with Crippen LogP contribution in [0.2, 0.25) is 0 Å². The van der Waals surface area contributed by atoms with Crippen molar-refractivity contribution >= 4 is 29.5 Å². The Morgan fingerprint density at radius 3 is 2.29 bits per heavy atom. The topological polar surface area (TPSA) is 63.7 Å². The minimum Gasteiger partial charge on any atom is -0.444 e. The molecule has 2 amide bonds. The Morgan fingerprint density at radius 2 is 1.82 bits per heavy atom. The molecule has 2 saturated heterocycles. The zero-order valence-corrected chi connectivity index (χ0v) is 9.98. The molecule has 3 rings (SSSR count). The molecule has 90 valence electrons. The van der Waals surface area contributed by atoms with E-state index in [0.29, 0.717) is 0 Å². The number of carbonyl (C=O) groups excluding carboxylic acids is 3. The van der Waals surface area contributed by atoms with Crippen molar-refractivity contribution in [1.29, 1.82) is 0 Å². The summed E-state index contributed by atoms with van der Waals surface area (Å²) in [6, 6.07) is 0. The molecule has 6 heteroatoms. The van der Waals surface area contributed by atoms with Gasteiger partial charge < -0.3 is 4.74 Å². The van der Waals surface area contributed by atoms with Gasteiger partial charge in [-0.25, -0.2) is 4.90 Å². The van der Waals surface area contributed by atoms with Gasteiger partial charge in [0.15, 0.2) is 6.73 Å². The van der Waals surface area contributed by atoms with E-state index in [0.717, 1.165) is 4.90 Å². The number of nitrogens with zero attached hydrogens (tertiary/aromatic N) is 1. The smallest absolute Gasteiger partial charge is 0.304 e. The highest BCUT2D eigenvalue weighted by Gasteiger charge is 2.60. The molecule has 2 bridgehead atoms. The number of ether oxygens (including phenoxy) is 1. The van der Waals surface area contributed by atoms with E-state index in [1.54, 1.807) is 11.8 Å². The average molecular weight is 253 g/mol. The van der Waals surface area contributed by atoms with Crippen LogP contribution in [-0.2, 0) is 19.1 Å². The van der Waals surface area contributed by atoms with Crippen molar-refractivity contribution in [1.82, 2.24) is 4.90 Å². The molecule has 0 N–H and O–H groups in total. The highest BCUT2D eigenvalue weighted by Crippen LogP contribution is 2.52. The van der Waals surface area contributed by atoms with Crippen LogP contribution in [0.1, 0.15) is 6.92 Å². The zero-order valence-electron chi connectivity index (χ0n) is 9.16. The fourth-order valence-electron chi connectivity index (χ4n) is 2.65. The van der Waals surface area contributed by atoms with Crippen molar-refractivity contribution in [3.8, 4) is 0 Å². The molecule has 0 saturated carbocycles. The summed E-state index contributed by atoms with van der Waals surface area (Å²) in [5, 5.41) is 0.229. The van der Waals surface area contributed by atoms with Crippen LogP contribution in [0.15, 0.2) is 12.2 Å². The number of hydrogen-bond acceptors (Lipinski definition) is 5. The molecule has 3 aliphatic rings. The van der Waals surface area contributed by atoms with Gasteiger partial charge in [0.05, 0.1) is 11.8 Å². The van der Waals surface area contributed by atoms with E-state index < -0.39 is 5.97 Å². The van der Waals surface area contributed by atoms with E-state index >= 15 is 0 Å². The van der Waals surface area contributed by atoms with Gasteiger partial charge in [0, 0.05) is 17.4 Å². The Balaban J connectivity index is 1.80. The fourth-order valence-corrected chi connectivity index (χ4v) is 4.28. The van der Waals surface area contributed by atoms with Crippen molar-refractivity contribution in [2.24, 2.45) is 11.8 Å². The Morgan fingerprint density at radius 1 is 1.29 bits per heavy atom. The molecule has 17 heavy (non-hydrogen) atoms. The summed E-state index contributed by atoms with van der Waals surface area (Å²) < 4.78 is 4.74. The minimum absolute atomic E-state index is 0.115. The van der Waals surface area contributed by atoms with E-state index in [9.17, 15) is 14.4 Å². The van der Waals surface area contributed by atoms with Crippen molar-refractivity contribution in [2.75, 3.05) is 6.73 Å². The zero-order chi connectivity index (χ0) is 12.2. The molecular formula is C11H11NO4S. The van der Waals surface area contributed by atoms with Gasteiger partial charge in [0.1, 0.15) is 0 Å². The van der Waals surface area contributed by atoms with Crippen LogP contribution in [0.3, 0.4) is 0 Å². The normalized spacial score (nSPS) is 37.8. The van der Waals surface area contributed by atoms with Crippen LogP contribution in [0.25, 0.3) is 0 Å². The van der Waals surface area contributed by atoms with Crippen molar-refractivity contribution < 1.29 is 19.1 Å². The molecule has 0 aromatic rings. The number of carbonyl (C=O) groups is 3. The lowest BCUT2D eigenvalue weighted by Crippen LogP contribution is -2.35. The van der Waals surface area contributed by atoms with Gasteiger partial charge in [0.2, 0.25) is 11.8 Å². The largest absolute Gasteiger partial charge is 0.444 e. The van der Waals surface area contributed by atoms with Gasteiger partial charge in [-0.15, -0.1) is 11.8 Å². The number of hydrogen-bond donors (Lipinski definition) is 0. The summed E-state index contributed by atoms with van der Waals surface area (Å²) in [6.45, 7) is 1.01. The lowest BCUT2D eigenvalue weighted by molar-refractivity contribution is -0.154. The van der Waals surface area contributed by atoms with Gasteiger partial charge in [-0.2, -0.15) is 0 Å². The van der Waals surface area contributed by atoms with Crippen LogP contribution in [0.5, 0.6) is 0 Å². The summed E-state index contributed by atoms with van der Waals surface area (Å²) in [5.74, 6) is -1.40. The summed E-state index contributed by atoms with van der Waals surface area (Å²) in [4.78, 5) is 35.9. The number of fused-ring (bicyclic) bond motifs is 5. The fraction of sp³-hybridized carbons (Fsp3) is 0.545. The third kappa shape index (κ3) is 1.43. The summed E-state index contributed by atoms with van der Waals surface area (Å²) in [6.07, 6.45) is 3.99. The first-order valence-corrected chi connectivity index (χ1v) is 6.36. The first-order valence-electron chi connectivity index (χ1n) is 5.42. The minimum atomic E-state index is -0.488. The third-order valence-corrected chi connectivity index (χ3v) is 4.93. The third-order valence-electron chi connectivity index (χ3n) is 3.40. The first kappa shape index (κ1) is 10.8. The lowest BCUT2D eigenvalue weighted by atomic mass is 9.85. The number of thioether (sulfide) groups is 1. The molecule has 0 aliphatic carbocycles. The highest BCUT2D eigenvalue weighted by atomic mass is 32.2. The maximum atomic E-state index is 12.1. The molecule has 3 aliphatic heterocycles. The molecule has 4 atom stereocenters. The van der Waals surface area contributed by atoms with E-state index in [2.05, 4.69) is 0 Å². The number of amides is 2. The van der Waals surface area contributed by atoms with E-state index in [-0.39, 0.29) is 40.9 Å². The molecule has 2 fully saturated rings. The standard InChI is InChI=1S/C11H11NO4S/c1-5(13)16-4-12-10(14)8-6-2-3-7(17-6)9(8)11(12)15/h2-3,6-9H,4H2,1H3. The second kappa shape index (κ2) is 3.60. The molecule has 3 heterocycles. The second-order valence-electron chi connectivity index (χ2n) is 4.37. The van der Waals surface area contributed by atoms with Crippen LogP contribution >= 0.6 is 11.8 Å². The van der Waals surface area contributed by atoms with E-state index in [1.165, 1.54) is 6.92 Å². The van der Waals surface area contributed by atoms with Gasteiger partial charge in [0.25, 0.3) is 0 Å². The molecule has 4 unspecified atom stereocenters. The van der Waals surface area contributed by atoms with Crippen LogP contribution in [-0.4, -0.2) is 39.9 Å². The van der Waals surface area contributed by atoms with Crippen LogP contribution < -0.4 is 0 Å². The predicted octanol–water partition coefficient (Wildman–Crippen LogP) is 0.162. The molecule has 5 nitrogen and oxygen atoms in total. The molecule has 0 radical (unpaired) electrons.